The van der Waals surface area contributed by atoms with Crippen LogP contribution in [0.4, 0.5) is 0 Å². The third-order valence-electron chi connectivity index (χ3n) is 3.01. The standard InChI is InChI=1S/C11H14BrN3O4/c1-5(12)6-4-15(11(18)14-10(6)17)9-2-7(16)8(3-13)19-9/h4,7-9,16H,1-3,13H2,(H,14,17,18)/t7-,8+,9+/m0/s1. The van der Waals surface area contributed by atoms with Crippen LogP contribution in [0.25, 0.3) is 4.48 Å². The summed E-state index contributed by atoms with van der Waals surface area (Å²) in [7, 11) is 0. The number of halogens is 1. The first-order valence-electron chi connectivity index (χ1n) is 5.68. The third kappa shape index (κ3) is 2.71. The molecule has 1 aromatic rings. The Morgan fingerprint density at radius 1 is 1.68 bits per heavy atom. The largest absolute Gasteiger partial charge is 0.390 e. The summed E-state index contributed by atoms with van der Waals surface area (Å²) in [4.78, 5) is 25.5. The van der Waals surface area contributed by atoms with Crippen LogP contribution in [-0.4, -0.2) is 33.4 Å². The molecule has 4 N–H and O–H groups in total. The number of aliphatic hydroxyl groups is 1. The fraction of sp³-hybridized carbons (Fsp3) is 0.455. The Labute approximate surface area is 116 Å². The van der Waals surface area contributed by atoms with E-state index in [9.17, 15) is 14.7 Å². The molecule has 1 aliphatic rings. The lowest BCUT2D eigenvalue weighted by Gasteiger charge is -2.15. The maximum Gasteiger partial charge on any atom is 0.330 e. The molecule has 0 radical (unpaired) electrons. The van der Waals surface area contributed by atoms with Crippen LogP contribution in [0.2, 0.25) is 0 Å². The van der Waals surface area contributed by atoms with Crippen LogP contribution in [0.5, 0.6) is 0 Å². The van der Waals surface area contributed by atoms with Gasteiger partial charge in [0, 0.05) is 23.6 Å². The Hall–Kier alpha value is -1.22. The van der Waals surface area contributed by atoms with Crippen molar-refractivity contribution < 1.29 is 9.84 Å². The van der Waals surface area contributed by atoms with E-state index in [1.807, 2.05) is 0 Å². The van der Waals surface area contributed by atoms with Gasteiger partial charge in [0.2, 0.25) is 0 Å². The molecule has 0 unspecified atom stereocenters. The minimum absolute atomic E-state index is 0.160. The number of hydrogen-bond donors (Lipinski definition) is 3. The van der Waals surface area contributed by atoms with E-state index in [0.29, 0.717) is 4.48 Å². The first-order valence-corrected chi connectivity index (χ1v) is 6.47. The fourth-order valence-corrected chi connectivity index (χ4v) is 2.27. The second-order valence-electron chi connectivity index (χ2n) is 4.28. The van der Waals surface area contributed by atoms with Crippen LogP contribution in [0.3, 0.4) is 0 Å². The maximum atomic E-state index is 11.8. The average Bonchev–Trinajstić information content (AvgIpc) is 2.69. The second-order valence-corrected chi connectivity index (χ2v) is 5.24. The highest BCUT2D eigenvalue weighted by Gasteiger charge is 2.34. The van der Waals surface area contributed by atoms with Crippen LogP contribution in [0, 0.1) is 0 Å². The number of aromatic nitrogens is 2. The SMILES string of the molecule is C=C(Br)c1cn([C@H]2C[C@H](O)[C@@H](CN)O2)c(=O)[nH]c1=O. The second kappa shape index (κ2) is 5.41. The summed E-state index contributed by atoms with van der Waals surface area (Å²) >= 11 is 3.10. The monoisotopic (exact) mass is 331 g/mol. The number of nitrogens with two attached hydrogens (primary N) is 1. The summed E-state index contributed by atoms with van der Waals surface area (Å²) in [5, 5.41) is 9.73. The zero-order valence-electron chi connectivity index (χ0n) is 10.0. The van der Waals surface area contributed by atoms with Crippen molar-refractivity contribution in [2.24, 2.45) is 5.73 Å². The van der Waals surface area contributed by atoms with Crippen molar-refractivity contribution in [1.82, 2.24) is 9.55 Å². The van der Waals surface area contributed by atoms with Gasteiger partial charge in [-0.15, -0.1) is 0 Å². The van der Waals surface area contributed by atoms with Crippen LogP contribution in [0.15, 0.2) is 22.4 Å². The minimum atomic E-state index is -0.732. The zero-order valence-corrected chi connectivity index (χ0v) is 11.6. The Morgan fingerprint density at radius 3 is 2.89 bits per heavy atom. The molecular formula is C11H14BrN3O4. The summed E-state index contributed by atoms with van der Waals surface area (Å²) in [6.45, 7) is 3.76. The molecule has 7 nitrogen and oxygen atoms in total. The summed E-state index contributed by atoms with van der Waals surface area (Å²) in [6, 6.07) is 0. The number of H-pyrrole nitrogens is 1. The van der Waals surface area contributed by atoms with E-state index in [-0.39, 0.29) is 18.5 Å². The van der Waals surface area contributed by atoms with Crippen LogP contribution in [-0.2, 0) is 4.74 Å². The third-order valence-corrected chi connectivity index (χ3v) is 3.43. The van der Waals surface area contributed by atoms with Gasteiger partial charge in [-0.2, -0.15) is 0 Å². The minimum Gasteiger partial charge on any atom is -0.390 e. The van der Waals surface area contributed by atoms with Gasteiger partial charge in [-0.1, -0.05) is 22.5 Å². The predicted octanol–water partition coefficient (Wildman–Crippen LogP) is -0.491. The molecule has 2 rings (SSSR count). The molecule has 104 valence electrons. The molecule has 3 atom stereocenters. The summed E-state index contributed by atoms with van der Waals surface area (Å²) in [6.07, 6.45) is -0.307. The molecular weight excluding hydrogens is 318 g/mol. The van der Waals surface area contributed by atoms with Gasteiger partial charge in [0.1, 0.15) is 6.23 Å². The lowest BCUT2D eigenvalue weighted by Crippen LogP contribution is -2.34. The first-order chi connectivity index (χ1) is 8.93. The number of rotatable bonds is 3. The number of hydrogen-bond acceptors (Lipinski definition) is 5. The van der Waals surface area contributed by atoms with Crippen molar-refractivity contribution in [3.8, 4) is 0 Å². The lowest BCUT2D eigenvalue weighted by atomic mass is 10.2. The van der Waals surface area contributed by atoms with Gasteiger partial charge in [0.15, 0.2) is 0 Å². The molecule has 0 amide bonds. The van der Waals surface area contributed by atoms with Crippen molar-refractivity contribution in [3.05, 3.63) is 39.2 Å². The summed E-state index contributed by atoms with van der Waals surface area (Å²) < 4.78 is 7.07. The van der Waals surface area contributed by atoms with Gasteiger partial charge in [0.25, 0.3) is 5.56 Å². The van der Waals surface area contributed by atoms with E-state index in [1.165, 1.54) is 10.8 Å². The van der Waals surface area contributed by atoms with Crippen LogP contribution >= 0.6 is 15.9 Å². The molecule has 0 aliphatic carbocycles. The molecule has 0 bridgehead atoms. The van der Waals surface area contributed by atoms with Crippen LogP contribution in [0.1, 0.15) is 18.2 Å². The molecule has 2 heterocycles. The van der Waals surface area contributed by atoms with E-state index in [1.54, 1.807) is 0 Å². The van der Waals surface area contributed by atoms with Gasteiger partial charge < -0.3 is 15.6 Å². The Kier molecular flexibility index (Phi) is 4.04. The molecule has 0 spiro atoms. The number of aromatic amines is 1. The van der Waals surface area contributed by atoms with Gasteiger partial charge in [0.05, 0.1) is 17.8 Å². The van der Waals surface area contributed by atoms with Crippen molar-refractivity contribution in [2.75, 3.05) is 6.54 Å². The quantitative estimate of drug-likeness (QED) is 0.692. The summed E-state index contributed by atoms with van der Waals surface area (Å²) in [5.74, 6) is 0. The molecule has 0 saturated carbocycles. The van der Waals surface area contributed by atoms with Crippen LogP contribution < -0.4 is 17.0 Å². The normalized spacial score (nSPS) is 26.6. The number of ether oxygens (including phenoxy) is 1. The lowest BCUT2D eigenvalue weighted by molar-refractivity contribution is -0.0151. The average molecular weight is 332 g/mol. The Morgan fingerprint density at radius 2 is 2.37 bits per heavy atom. The summed E-state index contributed by atoms with van der Waals surface area (Å²) in [5.41, 5.74) is 4.55. The van der Waals surface area contributed by atoms with E-state index in [4.69, 9.17) is 10.5 Å². The molecule has 0 aromatic carbocycles. The highest BCUT2D eigenvalue weighted by Crippen LogP contribution is 2.27. The van der Waals surface area contributed by atoms with Gasteiger partial charge in [-0.25, -0.2) is 4.79 Å². The van der Waals surface area contributed by atoms with Gasteiger partial charge in [-0.05, 0) is 0 Å². The van der Waals surface area contributed by atoms with E-state index >= 15 is 0 Å². The number of nitrogens with zero attached hydrogens (tertiary/aromatic N) is 1. The van der Waals surface area contributed by atoms with Crippen molar-refractivity contribution in [3.63, 3.8) is 0 Å². The van der Waals surface area contributed by atoms with Crippen molar-refractivity contribution in [2.45, 2.75) is 24.9 Å². The predicted molar refractivity (Wildman–Crippen MR) is 72.9 cm³/mol. The molecule has 1 saturated heterocycles. The molecule has 8 heteroatoms. The van der Waals surface area contributed by atoms with E-state index < -0.39 is 29.7 Å². The molecule has 19 heavy (non-hydrogen) atoms. The number of aliphatic hydroxyl groups excluding tert-OH is 1. The number of nitrogens with one attached hydrogen (secondary N) is 1. The smallest absolute Gasteiger partial charge is 0.330 e. The Bertz CT molecular complexity index is 609. The fourth-order valence-electron chi connectivity index (χ4n) is 1.99. The Balaban J connectivity index is 2.41. The van der Waals surface area contributed by atoms with E-state index in [2.05, 4.69) is 27.5 Å². The van der Waals surface area contributed by atoms with Gasteiger partial charge in [-0.3, -0.25) is 14.3 Å². The van der Waals surface area contributed by atoms with Crippen molar-refractivity contribution in [1.29, 1.82) is 0 Å². The van der Waals surface area contributed by atoms with E-state index in [0.717, 1.165) is 0 Å². The van der Waals surface area contributed by atoms with Crippen molar-refractivity contribution >= 4 is 20.4 Å². The molecule has 1 aromatic heterocycles. The highest BCUT2D eigenvalue weighted by atomic mass is 79.9. The zero-order chi connectivity index (χ0) is 14.2. The molecule has 1 aliphatic heterocycles. The van der Waals surface area contributed by atoms with Gasteiger partial charge >= 0.3 is 5.69 Å². The maximum absolute atomic E-state index is 11.8. The first kappa shape index (κ1) is 14.2. The highest BCUT2D eigenvalue weighted by molar-refractivity contribution is 9.15. The molecule has 1 fully saturated rings. The topological polar surface area (TPSA) is 110 Å².